The van der Waals surface area contributed by atoms with Gasteiger partial charge in [-0.15, -0.1) is 0 Å². The smallest absolute Gasteiger partial charge is 0.415 e. The highest BCUT2D eigenvalue weighted by molar-refractivity contribution is 5.90. The van der Waals surface area contributed by atoms with Crippen LogP contribution in [-0.4, -0.2) is 18.8 Å². The third kappa shape index (κ3) is 2.37. The molecule has 0 N–H and O–H groups in total. The fraction of sp³-hybridized carbons (Fsp3) is 0.357. The Morgan fingerprint density at radius 2 is 2.28 bits per heavy atom. The van der Waals surface area contributed by atoms with Crippen LogP contribution in [0.3, 0.4) is 0 Å². The Labute approximate surface area is 106 Å². The lowest BCUT2D eigenvalue weighted by Gasteiger charge is -2.34. The second-order valence-electron chi connectivity index (χ2n) is 4.42. The first-order valence-electron chi connectivity index (χ1n) is 5.94. The highest BCUT2D eigenvalue weighted by Gasteiger charge is 2.32. The zero-order valence-corrected chi connectivity index (χ0v) is 10.4. The van der Waals surface area contributed by atoms with Crippen molar-refractivity contribution in [2.45, 2.75) is 25.8 Å². The van der Waals surface area contributed by atoms with E-state index in [9.17, 15) is 9.18 Å². The lowest BCUT2D eigenvalue weighted by Crippen LogP contribution is -2.45. The number of alkyl halides is 1. The van der Waals surface area contributed by atoms with E-state index in [-0.39, 0.29) is 0 Å². The van der Waals surface area contributed by atoms with Crippen molar-refractivity contribution < 1.29 is 13.9 Å². The first-order chi connectivity index (χ1) is 8.63. The molecular formula is C14H16FNO2. The van der Waals surface area contributed by atoms with Gasteiger partial charge in [-0.2, -0.15) is 0 Å². The van der Waals surface area contributed by atoms with Gasteiger partial charge < -0.3 is 4.74 Å². The number of rotatable bonds is 2. The molecule has 18 heavy (non-hydrogen) atoms. The van der Waals surface area contributed by atoms with Crippen LogP contribution in [0.1, 0.15) is 18.9 Å². The van der Waals surface area contributed by atoms with E-state index in [4.69, 9.17) is 4.74 Å². The molecule has 0 saturated heterocycles. The lowest BCUT2D eigenvalue weighted by molar-refractivity contribution is 0.178. The number of fused-ring (bicyclic) bond motifs is 1. The molecule has 2 rings (SSSR count). The van der Waals surface area contributed by atoms with Crippen LogP contribution in [-0.2, 0) is 11.2 Å². The summed E-state index contributed by atoms with van der Waals surface area (Å²) in [6, 6.07) is 7.06. The van der Waals surface area contributed by atoms with Crippen molar-refractivity contribution in [3.8, 4) is 0 Å². The molecule has 0 fully saturated rings. The average Bonchev–Trinajstić information content (AvgIpc) is 2.36. The molecule has 1 aliphatic heterocycles. The number of hydrogen-bond acceptors (Lipinski definition) is 2. The molecule has 0 aromatic heterocycles. The molecule has 0 radical (unpaired) electrons. The fourth-order valence-electron chi connectivity index (χ4n) is 2.20. The highest BCUT2D eigenvalue weighted by atomic mass is 19.1. The van der Waals surface area contributed by atoms with Gasteiger partial charge in [-0.3, -0.25) is 4.90 Å². The van der Waals surface area contributed by atoms with Gasteiger partial charge in [-0.05, 0) is 31.4 Å². The van der Waals surface area contributed by atoms with E-state index >= 15 is 0 Å². The summed E-state index contributed by atoms with van der Waals surface area (Å²) in [7, 11) is 0. The monoisotopic (exact) mass is 249 g/mol. The summed E-state index contributed by atoms with van der Waals surface area (Å²) in [5, 5.41) is 0. The Hall–Kier alpha value is -1.84. The van der Waals surface area contributed by atoms with Crippen molar-refractivity contribution in [3.05, 3.63) is 42.2 Å². The van der Waals surface area contributed by atoms with Crippen LogP contribution in [0.2, 0.25) is 0 Å². The van der Waals surface area contributed by atoms with Crippen LogP contribution in [0.5, 0.6) is 0 Å². The van der Waals surface area contributed by atoms with Gasteiger partial charge in [0.05, 0.1) is 17.5 Å². The van der Waals surface area contributed by atoms with Gasteiger partial charge in [0, 0.05) is 0 Å². The maximum atomic E-state index is 13.0. The Balaban J connectivity index is 2.34. The molecule has 1 aliphatic rings. The number of carbonyl (C=O) groups is 1. The number of nitrogens with zero attached hydrogens (tertiary/aromatic N) is 1. The molecule has 0 bridgehead atoms. The fourth-order valence-corrected chi connectivity index (χ4v) is 2.20. The molecule has 0 saturated carbocycles. The third-order valence-electron chi connectivity index (χ3n) is 3.00. The number of benzene rings is 1. The van der Waals surface area contributed by atoms with E-state index < -0.39 is 18.8 Å². The Morgan fingerprint density at radius 3 is 2.94 bits per heavy atom. The number of anilines is 1. The molecule has 0 spiro atoms. The van der Waals surface area contributed by atoms with Crippen molar-refractivity contribution in [2.24, 2.45) is 0 Å². The van der Waals surface area contributed by atoms with Gasteiger partial charge >= 0.3 is 6.09 Å². The molecule has 1 heterocycles. The van der Waals surface area contributed by atoms with Gasteiger partial charge in [0.15, 0.2) is 0 Å². The largest absolute Gasteiger partial charge is 0.419 e. The van der Waals surface area contributed by atoms with Gasteiger partial charge in [-0.1, -0.05) is 24.8 Å². The van der Waals surface area contributed by atoms with Crippen LogP contribution in [0.4, 0.5) is 14.9 Å². The highest BCUT2D eigenvalue weighted by Crippen LogP contribution is 2.31. The summed E-state index contributed by atoms with van der Waals surface area (Å²) in [6.45, 7) is 4.56. The topological polar surface area (TPSA) is 29.5 Å². The number of carbonyl (C=O) groups excluding carboxylic acids is 1. The predicted molar refractivity (Wildman–Crippen MR) is 68.3 cm³/mol. The van der Waals surface area contributed by atoms with E-state index in [1.54, 1.807) is 6.92 Å². The third-order valence-corrected chi connectivity index (χ3v) is 3.00. The van der Waals surface area contributed by atoms with Crippen molar-refractivity contribution in [1.29, 1.82) is 0 Å². The SMILES string of the molecule is C=C(C)OC(=O)N1c2ccccc2CCC1CF. The van der Waals surface area contributed by atoms with E-state index in [1.807, 2.05) is 24.3 Å². The number of hydrogen-bond donors (Lipinski definition) is 0. The predicted octanol–water partition coefficient (Wildman–Crippen LogP) is 3.45. The molecular weight excluding hydrogens is 233 g/mol. The number of amides is 1. The Kier molecular flexibility index (Phi) is 3.65. The second-order valence-corrected chi connectivity index (χ2v) is 4.42. The van der Waals surface area contributed by atoms with E-state index in [0.717, 1.165) is 17.7 Å². The summed E-state index contributed by atoms with van der Waals surface area (Å²) in [5.41, 5.74) is 1.78. The number of allylic oxidation sites excluding steroid dienone is 1. The van der Waals surface area contributed by atoms with Gasteiger partial charge in [0.1, 0.15) is 6.67 Å². The standard InChI is InChI=1S/C14H16FNO2/c1-10(2)18-14(17)16-12(9-15)8-7-11-5-3-4-6-13(11)16/h3-6,12H,1,7-9H2,2H3. The summed E-state index contributed by atoms with van der Waals surface area (Å²) < 4.78 is 18.1. The Bertz CT molecular complexity index is 473. The lowest BCUT2D eigenvalue weighted by atomic mass is 9.97. The van der Waals surface area contributed by atoms with Crippen LogP contribution in [0.25, 0.3) is 0 Å². The van der Waals surface area contributed by atoms with Crippen molar-refractivity contribution in [3.63, 3.8) is 0 Å². The van der Waals surface area contributed by atoms with Gasteiger partial charge in [0.25, 0.3) is 0 Å². The maximum Gasteiger partial charge on any atom is 0.419 e. The minimum atomic E-state index is -0.570. The van der Waals surface area contributed by atoms with Crippen molar-refractivity contribution in [1.82, 2.24) is 0 Å². The van der Waals surface area contributed by atoms with Crippen LogP contribution < -0.4 is 4.90 Å². The zero-order valence-electron chi connectivity index (χ0n) is 10.4. The van der Waals surface area contributed by atoms with Crippen LogP contribution in [0, 0.1) is 0 Å². The summed E-state index contributed by atoms with van der Waals surface area (Å²) in [6.07, 6.45) is 0.831. The minimum absolute atomic E-state index is 0.306. The summed E-state index contributed by atoms with van der Waals surface area (Å²) in [5.74, 6) is 0.306. The second kappa shape index (κ2) is 5.21. The first-order valence-corrected chi connectivity index (χ1v) is 5.94. The van der Waals surface area contributed by atoms with E-state index in [1.165, 1.54) is 4.90 Å². The van der Waals surface area contributed by atoms with Gasteiger partial charge in [-0.25, -0.2) is 9.18 Å². The molecule has 4 heteroatoms. The quantitative estimate of drug-likeness (QED) is 0.751. The first kappa shape index (κ1) is 12.6. The molecule has 1 atom stereocenters. The van der Waals surface area contributed by atoms with E-state index in [0.29, 0.717) is 12.2 Å². The number of ether oxygens (including phenoxy) is 1. The molecule has 96 valence electrons. The maximum absolute atomic E-state index is 13.0. The molecule has 0 aliphatic carbocycles. The van der Waals surface area contributed by atoms with Crippen molar-refractivity contribution in [2.75, 3.05) is 11.6 Å². The van der Waals surface area contributed by atoms with Gasteiger partial charge in [0.2, 0.25) is 0 Å². The zero-order chi connectivity index (χ0) is 13.1. The van der Waals surface area contributed by atoms with E-state index in [2.05, 4.69) is 6.58 Å². The molecule has 3 nitrogen and oxygen atoms in total. The number of aryl methyl sites for hydroxylation is 1. The Morgan fingerprint density at radius 1 is 1.56 bits per heavy atom. The average molecular weight is 249 g/mol. The number of halogens is 1. The van der Waals surface area contributed by atoms with Crippen LogP contribution >= 0.6 is 0 Å². The molecule has 1 aromatic carbocycles. The van der Waals surface area contributed by atoms with Crippen LogP contribution in [0.15, 0.2) is 36.6 Å². The van der Waals surface area contributed by atoms with Crippen molar-refractivity contribution >= 4 is 11.8 Å². The molecule has 1 amide bonds. The normalized spacial score (nSPS) is 18.1. The minimum Gasteiger partial charge on any atom is -0.415 e. The number of para-hydroxylation sites is 1. The molecule has 1 aromatic rings. The molecule has 1 unspecified atom stereocenters. The summed E-state index contributed by atoms with van der Waals surface area (Å²) >= 11 is 0. The summed E-state index contributed by atoms with van der Waals surface area (Å²) in [4.78, 5) is 13.4.